The number of hydrogen-bond donors (Lipinski definition) is 1. The van der Waals surface area contributed by atoms with Crippen molar-refractivity contribution < 1.29 is 0 Å². The van der Waals surface area contributed by atoms with E-state index in [1.807, 2.05) is 44.2 Å². The van der Waals surface area contributed by atoms with Gasteiger partial charge in [0.05, 0.1) is 0 Å². The van der Waals surface area contributed by atoms with Crippen LogP contribution in [-0.2, 0) is 0 Å². The molecular formula is C9H15N3. The van der Waals surface area contributed by atoms with E-state index < -0.39 is 0 Å². The molecule has 0 saturated carbocycles. The number of rotatable bonds is 2. The number of pyridine rings is 1. The summed E-state index contributed by atoms with van der Waals surface area (Å²) < 4.78 is 0. The molecule has 0 amide bonds. The van der Waals surface area contributed by atoms with Gasteiger partial charge < -0.3 is 10.6 Å². The molecule has 0 aromatic carbocycles. The van der Waals surface area contributed by atoms with Gasteiger partial charge in [0.25, 0.3) is 0 Å². The van der Waals surface area contributed by atoms with Crippen LogP contribution in [0, 0.1) is 0 Å². The van der Waals surface area contributed by atoms with Crippen LogP contribution in [0.3, 0.4) is 0 Å². The topological polar surface area (TPSA) is 42.1 Å². The summed E-state index contributed by atoms with van der Waals surface area (Å²) in [4.78, 5) is 6.21. The van der Waals surface area contributed by atoms with Crippen LogP contribution in [0.25, 0.3) is 0 Å². The molecule has 2 N–H and O–H groups in total. The van der Waals surface area contributed by atoms with Gasteiger partial charge in [-0.15, -0.1) is 0 Å². The molecule has 3 heteroatoms. The molecule has 0 spiro atoms. The summed E-state index contributed by atoms with van der Waals surface area (Å²) in [6, 6.07) is 4.04. The standard InChI is InChI=1S/C9H15N3/c1-7(10)8-4-5-9(11-6-8)12(2)3/h4-7H,10H2,1-3H3. The Morgan fingerprint density at radius 3 is 2.42 bits per heavy atom. The Labute approximate surface area is 73.2 Å². The third kappa shape index (κ3) is 1.95. The molecule has 0 fully saturated rings. The number of hydrogen-bond acceptors (Lipinski definition) is 3. The lowest BCUT2D eigenvalue weighted by atomic mass is 10.1. The van der Waals surface area contributed by atoms with Gasteiger partial charge in [0.2, 0.25) is 0 Å². The minimum absolute atomic E-state index is 0.0636. The second-order valence-electron chi connectivity index (χ2n) is 3.13. The maximum atomic E-state index is 5.69. The first kappa shape index (κ1) is 9.00. The predicted octanol–water partition coefficient (Wildman–Crippen LogP) is 1.17. The van der Waals surface area contributed by atoms with Gasteiger partial charge in [0, 0.05) is 26.3 Å². The minimum atomic E-state index is 0.0636. The Hall–Kier alpha value is -1.09. The Kier molecular flexibility index (Phi) is 2.65. The molecule has 1 unspecified atom stereocenters. The summed E-state index contributed by atoms with van der Waals surface area (Å²) >= 11 is 0. The van der Waals surface area contributed by atoms with Gasteiger partial charge in [0.15, 0.2) is 0 Å². The summed E-state index contributed by atoms with van der Waals surface area (Å²) in [5.74, 6) is 0.958. The summed E-state index contributed by atoms with van der Waals surface area (Å²) in [5.41, 5.74) is 6.76. The SMILES string of the molecule is CC(N)c1ccc(N(C)C)nc1. The van der Waals surface area contributed by atoms with Crippen molar-refractivity contribution in [1.29, 1.82) is 0 Å². The lowest BCUT2D eigenvalue weighted by molar-refractivity contribution is 0.810. The van der Waals surface area contributed by atoms with Crippen LogP contribution in [0.5, 0.6) is 0 Å². The molecule has 0 aliphatic carbocycles. The largest absolute Gasteiger partial charge is 0.363 e. The van der Waals surface area contributed by atoms with E-state index in [4.69, 9.17) is 5.73 Å². The first-order valence-corrected chi connectivity index (χ1v) is 4.00. The van der Waals surface area contributed by atoms with Crippen molar-refractivity contribution in [3.8, 4) is 0 Å². The Morgan fingerprint density at radius 1 is 1.42 bits per heavy atom. The van der Waals surface area contributed by atoms with Crippen LogP contribution >= 0.6 is 0 Å². The highest BCUT2D eigenvalue weighted by atomic mass is 15.1. The van der Waals surface area contributed by atoms with Crippen LogP contribution < -0.4 is 10.6 Å². The second kappa shape index (κ2) is 3.54. The fourth-order valence-electron chi connectivity index (χ4n) is 0.931. The highest BCUT2D eigenvalue weighted by Gasteiger charge is 2.00. The molecule has 0 aliphatic heterocycles. The molecule has 0 bridgehead atoms. The smallest absolute Gasteiger partial charge is 0.127 e. The second-order valence-corrected chi connectivity index (χ2v) is 3.13. The van der Waals surface area contributed by atoms with Crippen LogP contribution in [-0.4, -0.2) is 19.1 Å². The van der Waals surface area contributed by atoms with Crippen molar-refractivity contribution >= 4 is 5.82 Å². The molecule has 1 atom stereocenters. The van der Waals surface area contributed by atoms with E-state index in [2.05, 4.69) is 4.98 Å². The third-order valence-electron chi connectivity index (χ3n) is 1.75. The zero-order valence-corrected chi connectivity index (χ0v) is 7.78. The summed E-state index contributed by atoms with van der Waals surface area (Å²) in [7, 11) is 3.93. The van der Waals surface area contributed by atoms with Gasteiger partial charge in [-0.05, 0) is 18.6 Å². The maximum Gasteiger partial charge on any atom is 0.127 e. The van der Waals surface area contributed by atoms with E-state index in [9.17, 15) is 0 Å². The lowest BCUT2D eigenvalue weighted by Gasteiger charge is -2.12. The molecule has 1 rings (SSSR count). The molecule has 0 radical (unpaired) electrons. The van der Waals surface area contributed by atoms with Gasteiger partial charge in [-0.25, -0.2) is 4.98 Å². The number of nitrogens with zero attached hydrogens (tertiary/aromatic N) is 2. The Balaban J connectivity index is 2.86. The molecular weight excluding hydrogens is 150 g/mol. The van der Waals surface area contributed by atoms with E-state index in [0.717, 1.165) is 11.4 Å². The third-order valence-corrected chi connectivity index (χ3v) is 1.75. The first-order chi connectivity index (χ1) is 5.61. The average molecular weight is 165 g/mol. The average Bonchev–Trinajstić information content (AvgIpc) is 2.04. The van der Waals surface area contributed by atoms with Crippen molar-refractivity contribution in [2.24, 2.45) is 5.73 Å². The molecule has 3 nitrogen and oxygen atoms in total. The zero-order valence-electron chi connectivity index (χ0n) is 7.78. The Morgan fingerprint density at radius 2 is 2.08 bits per heavy atom. The van der Waals surface area contributed by atoms with Gasteiger partial charge in [-0.2, -0.15) is 0 Å². The monoisotopic (exact) mass is 165 g/mol. The van der Waals surface area contributed by atoms with Gasteiger partial charge in [-0.1, -0.05) is 6.07 Å². The van der Waals surface area contributed by atoms with Crippen molar-refractivity contribution in [3.63, 3.8) is 0 Å². The van der Waals surface area contributed by atoms with Crippen molar-refractivity contribution in [2.75, 3.05) is 19.0 Å². The highest BCUT2D eigenvalue weighted by Crippen LogP contribution is 2.11. The van der Waals surface area contributed by atoms with Crippen LogP contribution in [0.2, 0.25) is 0 Å². The highest BCUT2D eigenvalue weighted by molar-refractivity contribution is 5.37. The minimum Gasteiger partial charge on any atom is -0.363 e. The normalized spacial score (nSPS) is 12.7. The summed E-state index contributed by atoms with van der Waals surface area (Å²) in [5, 5.41) is 0. The molecule has 0 aliphatic rings. The molecule has 1 aromatic heterocycles. The fraction of sp³-hybridized carbons (Fsp3) is 0.444. The number of nitrogens with two attached hydrogens (primary N) is 1. The predicted molar refractivity (Wildman–Crippen MR) is 51.2 cm³/mol. The van der Waals surface area contributed by atoms with Gasteiger partial charge in [-0.3, -0.25) is 0 Å². The first-order valence-electron chi connectivity index (χ1n) is 4.00. The number of aromatic nitrogens is 1. The van der Waals surface area contributed by atoms with E-state index in [1.54, 1.807) is 0 Å². The summed E-state index contributed by atoms with van der Waals surface area (Å²) in [6.07, 6.45) is 1.82. The molecule has 1 heterocycles. The van der Waals surface area contributed by atoms with Crippen molar-refractivity contribution in [2.45, 2.75) is 13.0 Å². The van der Waals surface area contributed by atoms with E-state index in [1.165, 1.54) is 0 Å². The van der Waals surface area contributed by atoms with Gasteiger partial charge >= 0.3 is 0 Å². The van der Waals surface area contributed by atoms with E-state index in [0.29, 0.717) is 0 Å². The molecule has 66 valence electrons. The van der Waals surface area contributed by atoms with Crippen LogP contribution in [0.1, 0.15) is 18.5 Å². The van der Waals surface area contributed by atoms with Crippen molar-refractivity contribution in [3.05, 3.63) is 23.9 Å². The maximum absolute atomic E-state index is 5.69. The molecule has 0 saturated heterocycles. The zero-order chi connectivity index (χ0) is 9.14. The van der Waals surface area contributed by atoms with Crippen LogP contribution in [0.4, 0.5) is 5.82 Å². The molecule has 12 heavy (non-hydrogen) atoms. The fourth-order valence-corrected chi connectivity index (χ4v) is 0.931. The quantitative estimate of drug-likeness (QED) is 0.715. The summed E-state index contributed by atoms with van der Waals surface area (Å²) in [6.45, 7) is 1.95. The van der Waals surface area contributed by atoms with Crippen molar-refractivity contribution in [1.82, 2.24) is 4.98 Å². The molecule has 1 aromatic rings. The van der Waals surface area contributed by atoms with Crippen LogP contribution in [0.15, 0.2) is 18.3 Å². The Bertz CT molecular complexity index is 211. The number of anilines is 1. The van der Waals surface area contributed by atoms with Gasteiger partial charge in [0.1, 0.15) is 5.82 Å². The van der Waals surface area contributed by atoms with E-state index >= 15 is 0 Å². The van der Waals surface area contributed by atoms with E-state index in [-0.39, 0.29) is 6.04 Å². The lowest BCUT2D eigenvalue weighted by Crippen LogP contribution is -2.11.